The highest BCUT2D eigenvalue weighted by Gasteiger charge is 2.69. The molecule has 0 unspecified atom stereocenters. The van der Waals surface area contributed by atoms with Crippen molar-refractivity contribution in [1.82, 2.24) is 0 Å². The van der Waals surface area contributed by atoms with Crippen molar-refractivity contribution in [2.24, 2.45) is 28.1 Å². The van der Waals surface area contributed by atoms with E-state index in [1.54, 1.807) is 0 Å². The fourth-order valence-corrected chi connectivity index (χ4v) is 4.63. The van der Waals surface area contributed by atoms with Gasteiger partial charge in [0.05, 0.1) is 0 Å². The van der Waals surface area contributed by atoms with E-state index in [9.17, 15) is 0 Å². The van der Waals surface area contributed by atoms with Crippen LogP contribution in [0.5, 0.6) is 0 Å². The SMILES string of the molecule is C[C@H]1[C@H](C)C1(C(C)(C)C)C(C)(C)C. The summed E-state index contributed by atoms with van der Waals surface area (Å²) in [5.41, 5.74) is 1.41. The van der Waals surface area contributed by atoms with Crippen molar-refractivity contribution in [1.29, 1.82) is 0 Å². The average Bonchev–Trinajstić information content (AvgIpc) is 2.32. The molecule has 0 bridgehead atoms. The average molecular weight is 182 g/mol. The second-order valence-corrected chi connectivity index (χ2v) is 6.95. The van der Waals surface area contributed by atoms with Gasteiger partial charge in [-0.05, 0) is 28.1 Å². The standard InChI is InChI=1S/C13H26/c1-9-10(2)13(9,11(3,4)5)12(6,7)8/h9-10H,1-8H3/t9-,10-/m0/s1. The van der Waals surface area contributed by atoms with Gasteiger partial charge in [-0.3, -0.25) is 0 Å². The Bertz CT molecular complexity index is 175. The highest BCUT2D eigenvalue weighted by molar-refractivity contribution is 5.17. The molecule has 1 rings (SSSR count). The van der Waals surface area contributed by atoms with Gasteiger partial charge in [-0.25, -0.2) is 0 Å². The minimum Gasteiger partial charge on any atom is -0.0617 e. The first-order valence-electron chi connectivity index (χ1n) is 5.57. The second-order valence-electron chi connectivity index (χ2n) is 6.95. The van der Waals surface area contributed by atoms with Crippen LogP contribution in [-0.2, 0) is 0 Å². The van der Waals surface area contributed by atoms with Crippen LogP contribution < -0.4 is 0 Å². The lowest BCUT2D eigenvalue weighted by Crippen LogP contribution is -2.37. The highest BCUT2D eigenvalue weighted by Crippen LogP contribution is 2.75. The fourth-order valence-electron chi connectivity index (χ4n) is 4.63. The van der Waals surface area contributed by atoms with Crippen molar-refractivity contribution in [3.05, 3.63) is 0 Å². The minimum atomic E-state index is 0.435. The summed E-state index contributed by atoms with van der Waals surface area (Å²) in [5.74, 6) is 1.76. The van der Waals surface area contributed by atoms with Gasteiger partial charge in [-0.2, -0.15) is 0 Å². The molecule has 0 amide bonds. The maximum atomic E-state index is 2.42. The van der Waals surface area contributed by atoms with Crippen molar-refractivity contribution in [3.8, 4) is 0 Å². The predicted octanol–water partition coefficient (Wildman–Crippen LogP) is 4.35. The summed E-state index contributed by atoms with van der Waals surface area (Å²) in [5, 5.41) is 0. The van der Waals surface area contributed by atoms with E-state index in [1.807, 2.05) is 0 Å². The monoisotopic (exact) mass is 182 g/mol. The van der Waals surface area contributed by atoms with Crippen LogP contribution in [0.3, 0.4) is 0 Å². The van der Waals surface area contributed by atoms with E-state index in [4.69, 9.17) is 0 Å². The minimum absolute atomic E-state index is 0.435. The molecule has 0 aromatic rings. The van der Waals surface area contributed by atoms with E-state index in [0.29, 0.717) is 16.2 Å². The Balaban J connectivity index is 3.09. The van der Waals surface area contributed by atoms with E-state index in [2.05, 4.69) is 55.4 Å². The molecule has 0 radical (unpaired) electrons. The molecular weight excluding hydrogens is 156 g/mol. The first kappa shape index (κ1) is 11.1. The largest absolute Gasteiger partial charge is 0.0617 e. The fraction of sp³-hybridized carbons (Fsp3) is 1.00. The Morgan fingerprint density at radius 3 is 0.923 bits per heavy atom. The Morgan fingerprint density at radius 2 is 0.923 bits per heavy atom. The Labute approximate surface area is 84.1 Å². The molecule has 0 saturated heterocycles. The molecule has 0 heterocycles. The Kier molecular flexibility index (Phi) is 2.15. The lowest BCUT2D eigenvalue weighted by molar-refractivity contribution is 0.0478. The molecule has 0 spiro atoms. The zero-order valence-electron chi connectivity index (χ0n) is 10.7. The molecule has 0 N–H and O–H groups in total. The highest BCUT2D eigenvalue weighted by atomic mass is 14.7. The second kappa shape index (κ2) is 2.52. The lowest BCUT2D eigenvalue weighted by Gasteiger charge is -2.43. The summed E-state index contributed by atoms with van der Waals surface area (Å²) in [6.07, 6.45) is 0. The lowest BCUT2D eigenvalue weighted by atomic mass is 9.61. The summed E-state index contributed by atoms with van der Waals surface area (Å²) in [6.45, 7) is 19.2. The van der Waals surface area contributed by atoms with E-state index >= 15 is 0 Å². The molecule has 1 aliphatic carbocycles. The third-order valence-corrected chi connectivity index (χ3v) is 4.56. The molecule has 0 nitrogen and oxygen atoms in total. The smallest absolute Gasteiger partial charge is 0.0144 e. The third-order valence-electron chi connectivity index (χ3n) is 4.56. The van der Waals surface area contributed by atoms with Crippen molar-refractivity contribution in [3.63, 3.8) is 0 Å². The van der Waals surface area contributed by atoms with Crippen molar-refractivity contribution < 1.29 is 0 Å². The Morgan fingerprint density at radius 1 is 0.692 bits per heavy atom. The summed E-state index contributed by atoms with van der Waals surface area (Å²) in [6, 6.07) is 0. The van der Waals surface area contributed by atoms with Gasteiger partial charge in [0.15, 0.2) is 0 Å². The van der Waals surface area contributed by atoms with E-state index in [1.165, 1.54) is 0 Å². The van der Waals surface area contributed by atoms with Gasteiger partial charge in [0.25, 0.3) is 0 Å². The molecule has 0 aliphatic heterocycles. The van der Waals surface area contributed by atoms with Crippen molar-refractivity contribution >= 4 is 0 Å². The summed E-state index contributed by atoms with van der Waals surface area (Å²) in [4.78, 5) is 0. The number of hydrogen-bond acceptors (Lipinski definition) is 0. The maximum absolute atomic E-state index is 2.42. The van der Waals surface area contributed by atoms with Gasteiger partial charge >= 0.3 is 0 Å². The molecule has 1 fully saturated rings. The molecule has 78 valence electrons. The van der Waals surface area contributed by atoms with E-state index in [0.717, 1.165) is 11.8 Å². The molecule has 1 saturated carbocycles. The van der Waals surface area contributed by atoms with Crippen LogP contribution in [-0.4, -0.2) is 0 Å². The number of hydrogen-bond donors (Lipinski definition) is 0. The molecular formula is C13H26. The normalized spacial score (nSPS) is 33.2. The van der Waals surface area contributed by atoms with Crippen molar-refractivity contribution in [2.45, 2.75) is 55.4 Å². The van der Waals surface area contributed by atoms with Crippen LogP contribution >= 0.6 is 0 Å². The first-order valence-corrected chi connectivity index (χ1v) is 5.57. The van der Waals surface area contributed by atoms with Gasteiger partial charge in [-0.1, -0.05) is 55.4 Å². The van der Waals surface area contributed by atoms with E-state index in [-0.39, 0.29) is 0 Å². The van der Waals surface area contributed by atoms with Crippen LogP contribution in [0.2, 0.25) is 0 Å². The van der Waals surface area contributed by atoms with Gasteiger partial charge in [0.2, 0.25) is 0 Å². The van der Waals surface area contributed by atoms with Crippen molar-refractivity contribution in [2.75, 3.05) is 0 Å². The molecule has 0 aromatic heterocycles. The van der Waals surface area contributed by atoms with Crippen LogP contribution in [0.15, 0.2) is 0 Å². The number of rotatable bonds is 0. The van der Waals surface area contributed by atoms with Gasteiger partial charge in [-0.15, -0.1) is 0 Å². The molecule has 13 heavy (non-hydrogen) atoms. The van der Waals surface area contributed by atoms with Crippen LogP contribution in [0.25, 0.3) is 0 Å². The zero-order valence-corrected chi connectivity index (χ0v) is 10.7. The van der Waals surface area contributed by atoms with Crippen LogP contribution in [0, 0.1) is 28.1 Å². The van der Waals surface area contributed by atoms with E-state index < -0.39 is 0 Å². The first-order chi connectivity index (χ1) is 5.57. The Hall–Kier alpha value is 0. The third kappa shape index (κ3) is 1.17. The zero-order chi connectivity index (χ0) is 10.7. The topological polar surface area (TPSA) is 0 Å². The summed E-state index contributed by atoms with van der Waals surface area (Å²) < 4.78 is 0. The molecule has 0 aromatic carbocycles. The summed E-state index contributed by atoms with van der Waals surface area (Å²) >= 11 is 0. The molecule has 1 aliphatic rings. The quantitative estimate of drug-likeness (QED) is 0.522. The van der Waals surface area contributed by atoms with Crippen LogP contribution in [0.4, 0.5) is 0 Å². The van der Waals surface area contributed by atoms with Gasteiger partial charge in [0.1, 0.15) is 0 Å². The predicted molar refractivity (Wildman–Crippen MR) is 59.7 cm³/mol. The maximum Gasteiger partial charge on any atom is -0.0144 e. The summed E-state index contributed by atoms with van der Waals surface area (Å²) in [7, 11) is 0. The van der Waals surface area contributed by atoms with Gasteiger partial charge < -0.3 is 0 Å². The van der Waals surface area contributed by atoms with Crippen LogP contribution in [0.1, 0.15) is 55.4 Å². The molecule has 0 heteroatoms. The van der Waals surface area contributed by atoms with Gasteiger partial charge in [0, 0.05) is 0 Å². The molecule has 2 atom stereocenters.